The van der Waals surface area contributed by atoms with E-state index in [1.807, 2.05) is 36.1 Å². The van der Waals surface area contributed by atoms with Crippen molar-refractivity contribution in [1.29, 1.82) is 0 Å². The minimum Gasteiger partial charge on any atom is -0.497 e. The number of carbonyl (C=O) groups is 3. The van der Waals surface area contributed by atoms with E-state index in [9.17, 15) is 14.4 Å². The predicted molar refractivity (Wildman–Crippen MR) is 101 cm³/mol. The molecule has 148 valence electrons. The second-order valence-electron chi connectivity index (χ2n) is 6.95. The van der Waals surface area contributed by atoms with Crippen molar-refractivity contribution in [2.45, 2.75) is 45.1 Å². The Bertz CT molecular complexity index is 673. The summed E-state index contributed by atoms with van der Waals surface area (Å²) < 4.78 is 5.15. The highest BCUT2D eigenvalue weighted by Gasteiger charge is 2.29. The fraction of sp³-hybridized carbons (Fsp3) is 0.550. The third-order valence-electron chi connectivity index (χ3n) is 5.15. The molecule has 1 aliphatic rings. The number of amides is 2. The number of likely N-dealkylation sites (tertiary alicyclic amines) is 1. The topological polar surface area (TPSA) is 87.2 Å². The first-order valence-electron chi connectivity index (χ1n) is 9.25. The molecule has 1 heterocycles. The number of ether oxygens (including phenoxy) is 1. The molecule has 2 rings (SSSR count). The summed E-state index contributed by atoms with van der Waals surface area (Å²) >= 11 is 0. The molecule has 0 radical (unpaired) electrons. The normalized spacial score (nSPS) is 18.3. The summed E-state index contributed by atoms with van der Waals surface area (Å²) in [5.74, 6) is -0.730. The van der Waals surface area contributed by atoms with Crippen LogP contribution >= 0.6 is 0 Å². The minimum atomic E-state index is -1.02. The number of benzene rings is 1. The van der Waals surface area contributed by atoms with Crippen molar-refractivity contribution in [2.75, 3.05) is 26.7 Å². The van der Waals surface area contributed by atoms with Crippen LogP contribution in [0.25, 0.3) is 0 Å². The van der Waals surface area contributed by atoms with Crippen LogP contribution in [0.15, 0.2) is 24.3 Å². The van der Waals surface area contributed by atoms with Gasteiger partial charge in [-0.15, -0.1) is 0 Å². The lowest BCUT2D eigenvalue weighted by molar-refractivity contribution is -0.145. The molecule has 0 spiro atoms. The molecule has 1 aliphatic heterocycles. The van der Waals surface area contributed by atoms with Gasteiger partial charge in [0, 0.05) is 26.1 Å². The number of carboxylic acid groups (broad SMARTS) is 1. The summed E-state index contributed by atoms with van der Waals surface area (Å²) in [5, 5.41) is 9.04. The molecule has 2 amide bonds. The second-order valence-corrected chi connectivity index (χ2v) is 6.95. The molecule has 0 aromatic heterocycles. The quantitative estimate of drug-likeness (QED) is 0.822. The number of nitrogens with zero attached hydrogens (tertiary/aromatic N) is 2. The van der Waals surface area contributed by atoms with Gasteiger partial charge in [-0.25, -0.2) is 0 Å². The van der Waals surface area contributed by atoms with Crippen LogP contribution in [0.3, 0.4) is 0 Å². The minimum absolute atomic E-state index is 0.0495. The number of methoxy groups -OCH3 is 1. The standard InChI is InChI=1S/C20H28N2O5/c1-14(16-6-8-18(27-3)9-7-16)20(26)21-11-4-5-17(10-12-21)22(15(2)23)13-19(24)25/h6-9,14,17H,4-5,10-13H2,1-3H3,(H,24,25). The molecule has 1 aromatic rings. The van der Waals surface area contributed by atoms with E-state index < -0.39 is 5.97 Å². The van der Waals surface area contributed by atoms with Gasteiger partial charge in [-0.05, 0) is 43.9 Å². The summed E-state index contributed by atoms with van der Waals surface area (Å²) in [7, 11) is 1.60. The third kappa shape index (κ3) is 5.45. The zero-order chi connectivity index (χ0) is 20.0. The molecule has 7 nitrogen and oxygen atoms in total. The van der Waals surface area contributed by atoms with Crippen LogP contribution in [0.2, 0.25) is 0 Å². The highest BCUT2D eigenvalue weighted by atomic mass is 16.5. The van der Waals surface area contributed by atoms with Gasteiger partial charge >= 0.3 is 5.97 Å². The Hall–Kier alpha value is -2.57. The zero-order valence-corrected chi connectivity index (χ0v) is 16.2. The molecule has 0 bridgehead atoms. The molecule has 27 heavy (non-hydrogen) atoms. The summed E-state index contributed by atoms with van der Waals surface area (Å²) in [6.07, 6.45) is 2.04. The Balaban J connectivity index is 2.02. The maximum atomic E-state index is 12.9. The highest BCUT2D eigenvalue weighted by Crippen LogP contribution is 2.24. The van der Waals surface area contributed by atoms with Crippen molar-refractivity contribution in [2.24, 2.45) is 0 Å². The predicted octanol–water partition coefficient (Wildman–Crippen LogP) is 2.11. The van der Waals surface area contributed by atoms with Crippen LogP contribution in [-0.4, -0.2) is 65.5 Å². The van der Waals surface area contributed by atoms with Gasteiger partial charge in [0.05, 0.1) is 13.0 Å². The van der Waals surface area contributed by atoms with E-state index >= 15 is 0 Å². The molecular formula is C20H28N2O5. The monoisotopic (exact) mass is 376 g/mol. The summed E-state index contributed by atoms with van der Waals surface area (Å²) in [6, 6.07) is 7.33. The second kappa shape index (κ2) is 9.39. The van der Waals surface area contributed by atoms with Crippen LogP contribution in [-0.2, 0) is 14.4 Å². The van der Waals surface area contributed by atoms with E-state index in [-0.39, 0.29) is 30.3 Å². The molecule has 2 unspecified atom stereocenters. The van der Waals surface area contributed by atoms with E-state index in [0.29, 0.717) is 25.9 Å². The van der Waals surface area contributed by atoms with Crippen molar-refractivity contribution >= 4 is 17.8 Å². The maximum Gasteiger partial charge on any atom is 0.323 e. The highest BCUT2D eigenvalue weighted by molar-refractivity contribution is 5.83. The molecule has 1 aromatic carbocycles. The first-order valence-corrected chi connectivity index (χ1v) is 9.25. The van der Waals surface area contributed by atoms with Crippen molar-refractivity contribution < 1.29 is 24.2 Å². The molecule has 7 heteroatoms. The van der Waals surface area contributed by atoms with Gasteiger partial charge in [-0.2, -0.15) is 0 Å². The average Bonchev–Trinajstić information content (AvgIpc) is 2.90. The van der Waals surface area contributed by atoms with Crippen molar-refractivity contribution in [3.05, 3.63) is 29.8 Å². The lowest BCUT2D eigenvalue weighted by Gasteiger charge is -2.29. The van der Waals surface area contributed by atoms with Crippen LogP contribution in [0, 0.1) is 0 Å². The van der Waals surface area contributed by atoms with Gasteiger partial charge in [0.2, 0.25) is 11.8 Å². The van der Waals surface area contributed by atoms with Gasteiger partial charge in [-0.1, -0.05) is 12.1 Å². The Morgan fingerprint density at radius 3 is 2.44 bits per heavy atom. The van der Waals surface area contributed by atoms with Gasteiger partial charge in [0.25, 0.3) is 0 Å². The van der Waals surface area contributed by atoms with Gasteiger partial charge in [0.15, 0.2) is 0 Å². The number of carbonyl (C=O) groups excluding carboxylic acids is 2. The van der Waals surface area contributed by atoms with E-state index in [0.717, 1.165) is 17.7 Å². The first kappa shape index (κ1) is 20.7. The molecule has 1 saturated heterocycles. The molecule has 1 fully saturated rings. The Labute approximate surface area is 159 Å². The molecule has 1 N–H and O–H groups in total. The average molecular weight is 376 g/mol. The largest absolute Gasteiger partial charge is 0.497 e. The van der Waals surface area contributed by atoms with Crippen LogP contribution in [0.4, 0.5) is 0 Å². The lowest BCUT2D eigenvalue weighted by Crippen LogP contribution is -2.43. The van der Waals surface area contributed by atoms with E-state index in [2.05, 4.69) is 0 Å². The van der Waals surface area contributed by atoms with Crippen LogP contribution in [0.5, 0.6) is 5.75 Å². The van der Waals surface area contributed by atoms with Gasteiger partial charge in [-0.3, -0.25) is 14.4 Å². The number of aliphatic carboxylic acids is 1. The molecule has 0 saturated carbocycles. The van der Waals surface area contributed by atoms with Crippen LogP contribution in [0.1, 0.15) is 44.6 Å². The number of hydrogen-bond donors (Lipinski definition) is 1. The van der Waals surface area contributed by atoms with Crippen molar-refractivity contribution in [3.8, 4) is 5.75 Å². The maximum absolute atomic E-state index is 12.9. The molecule has 0 aliphatic carbocycles. The van der Waals surface area contributed by atoms with Crippen molar-refractivity contribution in [3.63, 3.8) is 0 Å². The third-order valence-corrected chi connectivity index (χ3v) is 5.15. The summed E-state index contributed by atoms with van der Waals surface area (Å²) in [4.78, 5) is 39.0. The Kier molecular flexibility index (Phi) is 7.21. The summed E-state index contributed by atoms with van der Waals surface area (Å²) in [5.41, 5.74) is 0.929. The number of carboxylic acids is 1. The Morgan fingerprint density at radius 1 is 1.22 bits per heavy atom. The fourth-order valence-corrected chi connectivity index (χ4v) is 3.56. The fourth-order valence-electron chi connectivity index (χ4n) is 3.56. The SMILES string of the molecule is COc1ccc(C(C)C(=O)N2CCCC(N(CC(=O)O)C(C)=O)CC2)cc1. The van der Waals surface area contributed by atoms with Crippen molar-refractivity contribution in [1.82, 2.24) is 9.80 Å². The van der Waals surface area contributed by atoms with Crippen LogP contribution < -0.4 is 4.74 Å². The lowest BCUT2D eigenvalue weighted by atomic mass is 9.99. The molecular weight excluding hydrogens is 348 g/mol. The summed E-state index contributed by atoms with van der Waals surface area (Å²) in [6.45, 7) is 4.12. The van der Waals surface area contributed by atoms with Gasteiger partial charge < -0.3 is 19.6 Å². The number of rotatable bonds is 6. The van der Waals surface area contributed by atoms with E-state index in [1.54, 1.807) is 7.11 Å². The van der Waals surface area contributed by atoms with E-state index in [4.69, 9.17) is 9.84 Å². The van der Waals surface area contributed by atoms with E-state index in [1.165, 1.54) is 11.8 Å². The van der Waals surface area contributed by atoms with Gasteiger partial charge in [0.1, 0.15) is 12.3 Å². The number of hydrogen-bond acceptors (Lipinski definition) is 4. The smallest absolute Gasteiger partial charge is 0.323 e. The Morgan fingerprint density at radius 2 is 1.89 bits per heavy atom. The first-order chi connectivity index (χ1) is 12.8. The zero-order valence-electron chi connectivity index (χ0n) is 16.2. The molecule has 2 atom stereocenters.